The quantitative estimate of drug-likeness (QED) is 0.335. The fourth-order valence-electron chi connectivity index (χ4n) is 1.14. The van der Waals surface area contributed by atoms with E-state index in [1.165, 1.54) is 21.1 Å². The van der Waals surface area contributed by atoms with Crippen LogP contribution in [-0.2, 0) is 4.79 Å². The minimum atomic E-state index is -2.52. The van der Waals surface area contributed by atoms with E-state index in [0.29, 0.717) is 0 Å². The van der Waals surface area contributed by atoms with Gasteiger partial charge in [0.2, 0.25) is 0 Å². The number of carbonyl (C=O) groups is 1. The number of nitrogens with zero attached hydrogens (tertiary/aromatic N) is 1. The molecule has 0 radical (unpaired) electrons. The van der Waals surface area contributed by atoms with E-state index in [4.69, 9.17) is 5.11 Å². The summed E-state index contributed by atoms with van der Waals surface area (Å²) in [6.45, 7) is 1.07. The van der Waals surface area contributed by atoms with Gasteiger partial charge in [-0.1, -0.05) is 0 Å². The van der Waals surface area contributed by atoms with Gasteiger partial charge in [0.15, 0.2) is 5.60 Å². The summed E-state index contributed by atoms with van der Waals surface area (Å²) < 4.78 is -0.382. The van der Waals surface area contributed by atoms with Crippen molar-refractivity contribution in [3.63, 3.8) is 0 Å². The molecule has 0 bridgehead atoms. The van der Waals surface area contributed by atoms with Gasteiger partial charge in [-0.25, -0.2) is 0 Å². The molecule has 14 heavy (non-hydrogen) atoms. The van der Waals surface area contributed by atoms with Crippen molar-refractivity contribution in [1.82, 2.24) is 0 Å². The van der Waals surface area contributed by atoms with Gasteiger partial charge in [0.25, 0.3) is 0 Å². The second kappa shape index (κ2) is 3.47. The molecule has 0 aliphatic carbocycles. The summed E-state index contributed by atoms with van der Waals surface area (Å²) in [5.41, 5.74) is -2.11. The molecule has 0 aromatic carbocycles. The van der Waals surface area contributed by atoms with Crippen molar-refractivity contribution >= 4 is 5.97 Å². The van der Waals surface area contributed by atoms with Gasteiger partial charge in [-0.3, -0.25) is 9.28 Å². The summed E-state index contributed by atoms with van der Waals surface area (Å²) in [6.07, 6.45) is -0.741. The third-order valence-electron chi connectivity index (χ3n) is 2.15. The largest absolute Gasteiger partial charge is 0.481 e. The molecular formula is C8H18NO5+. The molecule has 1 atom stereocenters. The first-order valence-electron chi connectivity index (χ1n) is 4.12. The molecule has 4 N–H and O–H groups in total. The zero-order chi connectivity index (χ0) is 11.8. The Labute approximate surface area is 82.6 Å². The van der Waals surface area contributed by atoms with Gasteiger partial charge < -0.3 is 20.4 Å². The van der Waals surface area contributed by atoms with Gasteiger partial charge in [0.1, 0.15) is 0 Å². The van der Waals surface area contributed by atoms with E-state index in [1.807, 2.05) is 0 Å². The highest BCUT2D eigenvalue weighted by Gasteiger charge is 2.56. The Morgan fingerprint density at radius 3 is 1.79 bits per heavy atom. The molecule has 0 fully saturated rings. The summed E-state index contributed by atoms with van der Waals surface area (Å²) in [7, 11) is 4.32. The molecule has 84 valence electrons. The average Bonchev–Trinajstić information content (AvgIpc) is 1.80. The Morgan fingerprint density at radius 1 is 1.21 bits per heavy atom. The number of likely N-dealkylation sites (N-methyl/N-ethyl adjacent to an activating group) is 1. The zero-order valence-electron chi connectivity index (χ0n) is 8.85. The molecule has 0 heterocycles. The molecule has 0 aliphatic heterocycles. The minimum Gasteiger partial charge on any atom is -0.481 e. The summed E-state index contributed by atoms with van der Waals surface area (Å²) in [6, 6.07) is 0. The Hall–Kier alpha value is -0.690. The molecule has 1 unspecified atom stereocenters. The van der Waals surface area contributed by atoms with Crippen LogP contribution in [0, 0.1) is 0 Å². The van der Waals surface area contributed by atoms with E-state index >= 15 is 0 Å². The number of aliphatic carboxylic acids is 1. The molecule has 0 aromatic rings. The van der Waals surface area contributed by atoms with E-state index in [0.717, 1.165) is 6.92 Å². The molecule has 0 saturated heterocycles. The van der Waals surface area contributed by atoms with Gasteiger partial charge in [-0.15, -0.1) is 0 Å². The number of quaternary nitrogens is 1. The van der Waals surface area contributed by atoms with Crippen LogP contribution in [0.4, 0.5) is 0 Å². The topological polar surface area (TPSA) is 98.0 Å². The van der Waals surface area contributed by atoms with Crippen molar-refractivity contribution in [2.75, 3.05) is 21.1 Å². The zero-order valence-corrected chi connectivity index (χ0v) is 8.85. The van der Waals surface area contributed by atoms with Crippen molar-refractivity contribution in [2.45, 2.75) is 24.9 Å². The van der Waals surface area contributed by atoms with Gasteiger partial charge >= 0.3 is 11.9 Å². The lowest BCUT2D eigenvalue weighted by Gasteiger charge is -2.44. The summed E-state index contributed by atoms with van der Waals surface area (Å²) in [4.78, 5) is 10.4. The maximum atomic E-state index is 10.4. The summed E-state index contributed by atoms with van der Waals surface area (Å²) in [5.74, 6) is -3.82. The predicted octanol–water partition coefficient (Wildman–Crippen LogP) is -1.44. The van der Waals surface area contributed by atoms with Gasteiger partial charge in [-0.2, -0.15) is 0 Å². The van der Waals surface area contributed by atoms with Crippen LogP contribution in [0.3, 0.4) is 0 Å². The Kier molecular flexibility index (Phi) is 3.30. The maximum absolute atomic E-state index is 10.4. The van der Waals surface area contributed by atoms with Crippen LogP contribution in [-0.4, -0.2) is 63.5 Å². The van der Waals surface area contributed by atoms with Crippen LogP contribution >= 0.6 is 0 Å². The van der Waals surface area contributed by atoms with Gasteiger partial charge in [-0.05, 0) is 6.92 Å². The highest BCUT2D eigenvalue weighted by molar-refractivity contribution is 5.68. The van der Waals surface area contributed by atoms with Crippen LogP contribution in [0.1, 0.15) is 13.3 Å². The third-order valence-corrected chi connectivity index (χ3v) is 2.15. The summed E-state index contributed by atoms with van der Waals surface area (Å²) >= 11 is 0. The minimum absolute atomic E-state index is 0.382. The van der Waals surface area contributed by atoms with Crippen molar-refractivity contribution < 1.29 is 29.7 Å². The number of aliphatic hydroxyl groups is 3. The Morgan fingerprint density at radius 2 is 1.57 bits per heavy atom. The first-order valence-corrected chi connectivity index (χ1v) is 4.12. The van der Waals surface area contributed by atoms with E-state index < -0.39 is 23.9 Å². The highest BCUT2D eigenvalue weighted by Crippen LogP contribution is 2.28. The Balaban J connectivity index is 4.97. The molecule has 6 nitrogen and oxygen atoms in total. The molecule has 0 aromatic heterocycles. The van der Waals surface area contributed by atoms with E-state index in [2.05, 4.69) is 0 Å². The van der Waals surface area contributed by atoms with Gasteiger partial charge in [0.05, 0.1) is 27.6 Å². The van der Waals surface area contributed by atoms with Gasteiger partial charge in [0, 0.05) is 0 Å². The van der Waals surface area contributed by atoms with Crippen LogP contribution in [0.15, 0.2) is 0 Å². The van der Waals surface area contributed by atoms with Crippen LogP contribution in [0.2, 0.25) is 0 Å². The number of carboxylic acids is 1. The molecule has 0 amide bonds. The number of hydrogen-bond acceptors (Lipinski definition) is 4. The van der Waals surface area contributed by atoms with E-state index in [-0.39, 0.29) is 4.48 Å². The number of rotatable bonds is 4. The van der Waals surface area contributed by atoms with Crippen molar-refractivity contribution in [3.05, 3.63) is 0 Å². The smallest absolute Gasteiger partial charge is 0.343 e. The number of hydrogen-bond donors (Lipinski definition) is 4. The molecule has 0 aliphatic rings. The second-order valence-electron chi connectivity index (χ2n) is 4.49. The number of carboxylic acid groups (broad SMARTS) is 1. The maximum Gasteiger partial charge on any atom is 0.343 e. The molecule has 0 saturated carbocycles. The second-order valence-corrected chi connectivity index (χ2v) is 4.49. The third kappa shape index (κ3) is 2.42. The lowest BCUT2D eigenvalue weighted by atomic mass is 9.95. The average molecular weight is 208 g/mol. The normalized spacial score (nSPS) is 17.6. The first-order chi connectivity index (χ1) is 5.92. The van der Waals surface area contributed by atoms with Crippen molar-refractivity contribution in [2.24, 2.45) is 0 Å². The first kappa shape index (κ1) is 13.3. The highest BCUT2D eigenvalue weighted by atomic mass is 16.6. The SMILES string of the molecule is CC(O)(CC(=O)O)C(O)(O)[N+](C)(C)C. The summed E-state index contributed by atoms with van der Waals surface area (Å²) in [5, 5.41) is 37.4. The monoisotopic (exact) mass is 208 g/mol. The van der Waals surface area contributed by atoms with E-state index in [1.54, 1.807) is 0 Å². The standard InChI is InChI=1S/C8H17NO5/c1-7(12,5-6(10)11)8(13,14)9(2,3)4/h12-14H,5H2,1-4H3/p+1. The lowest BCUT2D eigenvalue weighted by Crippen LogP contribution is -2.69. The van der Waals surface area contributed by atoms with Crippen LogP contribution in [0.5, 0.6) is 0 Å². The van der Waals surface area contributed by atoms with E-state index in [9.17, 15) is 20.1 Å². The molecule has 0 rings (SSSR count). The Bertz CT molecular complexity index is 228. The fourth-order valence-corrected chi connectivity index (χ4v) is 1.14. The lowest BCUT2D eigenvalue weighted by molar-refractivity contribution is -0.989. The fraction of sp³-hybridized carbons (Fsp3) is 0.875. The molecule has 0 spiro atoms. The van der Waals surface area contributed by atoms with Crippen molar-refractivity contribution in [3.8, 4) is 0 Å². The van der Waals surface area contributed by atoms with Crippen molar-refractivity contribution in [1.29, 1.82) is 0 Å². The molecular weight excluding hydrogens is 190 g/mol. The molecule has 6 heteroatoms. The van der Waals surface area contributed by atoms with Crippen LogP contribution in [0.25, 0.3) is 0 Å². The van der Waals surface area contributed by atoms with Crippen LogP contribution < -0.4 is 0 Å². The predicted molar refractivity (Wildman–Crippen MR) is 48.1 cm³/mol.